The summed E-state index contributed by atoms with van der Waals surface area (Å²) in [7, 11) is -3.59. The quantitative estimate of drug-likeness (QED) is 0.678. The number of hydrogen-bond donors (Lipinski definition) is 1. The van der Waals surface area contributed by atoms with Gasteiger partial charge in [0.1, 0.15) is 0 Å². The van der Waals surface area contributed by atoms with Crippen LogP contribution in [0.2, 0.25) is 0 Å². The Morgan fingerprint density at radius 1 is 0.900 bits per heavy atom. The molecule has 0 heterocycles. The van der Waals surface area contributed by atoms with Crippen molar-refractivity contribution >= 4 is 22.3 Å². The minimum Gasteiger partial charge on any atom is -0.200 e. The van der Waals surface area contributed by atoms with Crippen molar-refractivity contribution in [2.45, 2.75) is 4.90 Å². The van der Waals surface area contributed by atoms with Gasteiger partial charge in [-0.15, -0.1) is 0 Å². The van der Waals surface area contributed by atoms with Crippen LogP contribution < -0.4 is 4.83 Å². The number of hydrazone groups is 1. The molecule has 0 aliphatic carbocycles. The lowest BCUT2D eigenvalue weighted by molar-refractivity contribution is 0.584. The summed E-state index contributed by atoms with van der Waals surface area (Å²) in [4.78, 5) is 2.34. The zero-order valence-electron chi connectivity index (χ0n) is 10.7. The normalized spacial score (nSPS) is 12.0. The summed E-state index contributed by atoms with van der Waals surface area (Å²) < 4.78 is 23.6. The Kier molecular flexibility index (Phi) is 4.68. The molecule has 0 unspecified atom stereocenters. The summed E-state index contributed by atoms with van der Waals surface area (Å²) in [6, 6.07) is 17.8. The van der Waals surface area contributed by atoms with Crippen LogP contribution in [0.3, 0.4) is 0 Å². The minimum atomic E-state index is -3.59. The molecule has 102 valence electrons. The van der Waals surface area contributed by atoms with E-state index in [0.29, 0.717) is 0 Å². The van der Waals surface area contributed by atoms with Crippen molar-refractivity contribution in [2.24, 2.45) is 5.10 Å². The summed E-state index contributed by atoms with van der Waals surface area (Å²) in [5.74, 6) is 0. The number of nitrogens with zero attached hydrogens (tertiary/aromatic N) is 1. The second-order valence-electron chi connectivity index (χ2n) is 3.96. The van der Waals surface area contributed by atoms with Gasteiger partial charge in [-0.1, -0.05) is 54.6 Å². The van der Waals surface area contributed by atoms with E-state index in [0.717, 1.165) is 5.56 Å². The van der Waals surface area contributed by atoms with Crippen LogP contribution in [0, 0.1) is 0 Å². The molecule has 0 aromatic heterocycles. The number of hydrogen-bond acceptors (Lipinski definition) is 3. The fraction of sp³-hybridized carbons (Fsp3) is 0. The van der Waals surface area contributed by atoms with Gasteiger partial charge in [-0.05, 0) is 23.8 Å². The molecular weight excluding hydrogens is 272 g/mol. The Balaban J connectivity index is 1.95. The first kappa shape index (κ1) is 14.0. The van der Waals surface area contributed by atoms with Crippen LogP contribution in [0.25, 0.3) is 6.08 Å². The van der Waals surface area contributed by atoms with E-state index in [1.54, 1.807) is 24.3 Å². The molecule has 0 bridgehead atoms. The van der Waals surface area contributed by atoms with Crippen molar-refractivity contribution in [3.05, 3.63) is 72.3 Å². The van der Waals surface area contributed by atoms with Crippen molar-refractivity contribution in [3.8, 4) is 0 Å². The van der Waals surface area contributed by atoms with E-state index in [1.807, 2.05) is 36.4 Å². The Bertz CT molecular complexity index is 693. The van der Waals surface area contributed by atoms with Crippen molar-refractivity contribution in [1.82, 2.24) is 4.83 Å². The van der Waals surface area contributed by atoms with Crippen molar-refractivity contribution in [2.75, 3.05) is 0 Å². The van der Waals surface area contributed by atoms with E-state index < -0.39 is 10.0 Å². The average Bonchev–Trinajstić information content (AvgIpc) is 2.49. The first-order valence-electron chi connectivity index (χ1n) is 6.00. The molecule has 0 radical (unpaired) electrons. The lowest BCUT2D eigenvalue weighted by Gasteiger charge is -2.01. The lowest BCUT2D eigenvalue weighted by Crippen LogP contribution is -2.17. The molecule has 1 N–H and O–H groups in total. The second-order valence-corrected chi connectivity index (χ2v) is 5.62. The molecular formula is C15H14N2O2S. The van der Waals surface area contributed by atoms with Crippen molar-refractivity contribution in [3.63, 3.8) is 0 Å². The monoisotopic (exact) mass is 286 g/mol. The molecule has 2 aromatic carbocycles. The molecule has 0 amide bonds. The van der Waals surface area contributed by atoms with E-state index in [9.17, 15) is 8.42 Å². The molecule has 0 aliphatic heterocycles. The molecule has 2 rings (SSSR count). The highest BCUT2D eigenvalue weighted by Gasteiger charge is 2.10. The first-order valence-corrected chi connectivity index (χ1v) is 7.48. The summed E-state index contributed by atoms with van der Waals surface area (Å²) >= 11 is 0. The second kappa shape index (κ2) is 6.68. The highest BCUT2D eigenvalue weighted by molar-refractivity contribution is 7.89. The van der Waals surface area contributed by atoms with E-state index in [1.165, 1.54) is 18.3 Å². The molecule has 0 aliphatic rings. The third kappa shape index (κ3) is 4.07. The van der Waals surface area contributed by atoms with Gasteiger partial charge in [0, 0.05) is 6.21 Å². The zero-order chi connectivity index (χ0) is 14.3. The molecule has 0 fully saturated rings. The number of allylic oxidation sites excluding steroid dienone is 1. The number of benzene rings is 2. The maximum Gasteiger partial charge on any atom is 0.276 e. The third-order valence-electron chi connectivity index (χ3n) is 2.48. The van der Waals surface area contributed by atoms with Gasteiger partial charge >= 0.3 is 0 Å². The molecule has 0 saturated heterocycles. The van der Waals surface area contributed by atoms with Crippen LogP contribution in [-0.2, 0) is 10.0 Å². The van der Waals surface area contributed by atoms with Gasteiger partial charge in [0.05, 0.1) is 4.90 Å². The van der Waals surface area contributed by atoms with Crippen LogP contribution >= 0.6 is 0 Å². The van der Waals surface area contributed by atoms with E-state index in [-0.39, 0.29) is 4.90 Å². The Morgan fingerprint density at radius 3 is 2.15 bits per heavy atom. The number of nitrogens with one attached hydrogen (secondary N) is 1. The van der Waals surface area contributed by atoms with Crippen LogP contribution in [-0.4, -0.2) is 14.6 Å². The molecule has 0 spiro atoms. The summed E-state index contributed by atoms with van der Waals surface area (Å²) in [6.45, 7) is 0. The number of rotatable bonds is 5. The molecule has 2 aromatic rings. The molecule has 20 heavy (non-hydrogen) atoms. The molecule has 4 nitrogen and oxygen atoms in total. The number of sulfonamides is 1. The molecule has 0 saturated carbocycles. The Labute approximate surface area is 118 Å². The van der Waals surface area contributed by atoms with E-state index in [4.69, 9.17) is 0 Å². The molecule has 0 atom stereocenters. The van der Waals surface area contributed by atoms with Crippen molar-refractivity contribution < 1.29 is 8.42 Å². The lowest BCUT2D eigenvalue weighted by atomic mass is 10.2. The first-order chi connectivity index (χ1) is 9.68. The van der Waals surface area contributed by atoms with Crippen LogP contribution in [0.15, 0.2) is 76.7 Å². The van der Waals surface area contributed by atoms with Crippen LogP contribution in [0.4, 0.5) is 0 Å². The van der Waals surface area contributed by atoms with Gasteiger partial charge in [0.25, 0.3) is 10.0 Å². The SMILES string of the molecule is O=S(=O)(NN=CC=Cc1ccccc1)c1ccccc1. The van der Waals surface area contributed by atoms with E-state index >= 15 is 0 Å². The Morgan fingerprint density at radius 2 is 1.50 bits per heavy atom. The highest BCUT2D eigenvalue weighted by atomic mass is 32.2. The maximum absolute atomic E-state index is 11.8. The molecule has 5 heteroatoms. The largest absolute Gasteiger partial charge is 0.276 e. The predicted octanol–water partition coefficient (Wildman–Crippen LogP) is 2.66. The standard InChI is InChI=1S/C15H14N2O2S/c18-20(19,15-11-5-2-6-12-15)17-16-13-7-10-14-8-3-1-4-9-14/h1-13,17H. The third-order valence-corrected chi connectivity index (χ3v) is 3.71. The van der Waals surface area contributed by atoms with Gasteiger partial charge < -0.3 is 0 Å². The van der Waals surface area contributed by atoms with Crippen LogP contribution in [0.1, 0.15) is 5.56 Å². The topological polar surface area (TPSA) is 58.5 Å². The Hall–Kier alpha value is -2.40. The average molecular weight is 286 g/mol. The zero-order valence-corrected chi connectivity index (χ0v) is 11.5. The van der Waals surface area contributed by atoms with Gasteiger partial charge in [-0.2, -0.15) is 13.5 Å². The summed E-state index contributed by atoms with van der Waals surface area (Å²) in [5.41, 5.74) is 1.02. The minimum absolute atomic E-state index is 0.184. The maximum atomic E-state index is 11.8. The van der Waals surface area contributed by atoms with Gasteiger partial charge in [-0.3, -0.25) is 0 Å². The van der Waals surface area contributed by atoms with Gasteiger partial charge in [0.2, 0.25) is 0 Å². The smallest absolute Gasteiger partial charge is 0.200 e. The predicted molar refractivity (Wildman–Crippen MR) is 80.7 cm³/mol. The summed E-state index contributed by atoms with van der Waals surface area (Å²) in [5, 5.41) is 3.68. The van der Waals surface area contributed by atoms with E-state index in [2.05, 4.69) is 9.93 Å². The van der Waals surface area contributed by atoms with Gasteiger partial charge in [0.15, 0.2) is 0 Å². The fourth-order valence-corrected chi connectivity index (χ4v) is 2.33. The van der Waals surface area contributed by atoms with Crippen LogP contribution in [0.5, 0.6) is 0 Å². The fourth-order valence-electron chi connectivity index (χ4n) is 1.51. The highest BCUT2D eigenvalue weighted by Crippen LogP contribution is 2.06. The van der Waals surface area contributed by atoms with Crippen molar-refractivity contribution in [1.29, 1.82) is 0 Å². The summed E-state index contributed by atoms with van der Waals surface area (Å²) in [6.07, 6.45) is 4.90. The van der Waals surface area contributed by atoms with Gasteiger partial charge in [-0.25, -0.2) is 4.83 Å².